The normalized spacial score (nSPS) is 30.3. The van der Waals surface area contributed by atoms with Gasteiger partial charge < -0.3 is 5.32 Å². The molecule has 0 spiro atoms. The number of nitrogens with one attached hydrogen (secondary N) is 1. The van der Waals surface area contributed by atoms with Crippen LogP contribution in [0.25, 0.3) is 0 Å². The van der Waals surface area contributed by atoms with Crippen molar-refractivity contribution in [1.29, 1.82) is 0 Å². The Kier molecular flexibility index (Phi) is 2.94. The second-order valence-corrected chi connectivity index (χ2v) is 4.46. The van der Waals surface area contributed by atoms with Gasteiger partial charge in [-0.25, -0.2) is 0 Å². The highest BCUT2D eigenvalue weighted by molar-refractivity contribution is 4.85. The van der Waals surface area contributed by atoms with Gasteiger partial charge in [0.2, 0.25) is 0 Å². The van der Waals surface area contributed by atoms with Gasteiger partial charge in [-0.1, -0.05) is 19.8 Å². The molecule has 1 atom stereocenters. The van der Waals surface area contributed by atoms with Crippen LogP contribution in [0.15, 0.2) is 0 Å². The van der Waals surface area contributed by atoms with E-state index in [-0.39, 0.29) is 0 Å². The highest BCUT2D eigenvalue weighted by Gasteiger charge is 2.26. The van der Waals surface area contributed by atoms with Crippen molar-refractivity contribution >= 4 is 0 Å². The molecule has 1 heterocycles. The highest BCUT2D eigenvalue weighted by atomic mass is 15.0. The highest BCUT2D eigenvalue weighted by Crippen LogP contribution is 2.26. The molecule has 0 aliphatic carbocycles. The van der Waals surface area contributed by atoms with Gasteiger partial charge in [0, 0.05) is 5.54 Å². The molecule has 0 saturated carbocycles. The van der Waals surface area contributed by atoms with Gasteiger partial charge in [-0.05, 0) is 39.2 Å². The second-order valence-electron chi connectivity index (χ2n) is 4.46. The Morgan fingerprint density at radius 1 is 1.45 bits per heavy atom. The van der Waals surface area contributed by atoms with Crippen LogP contribution in [-0.4, -0.2) is 12.1 Å². The predicted molar refractivity (Wildman–Crippen MR) is 49.7 cm³/mol. The Balaban J connectivity index is 2.34. The van der Waals surface area contributed by atoms with Crippen molar-refractivity contribution in [3.8, 4) is 0 Å². The summed E-state index contributed by atoms with van der Waals surface area (Å²) in [6, 6.07) is 0. The first-order valence-corrected chi connectivity index (χ1v) is 4.89. The first-order valence-electron chi connectivity index (χ1n) is 4.89. The molecule has 66 valence electrons. The van der Waals surface area contributed by atoms with Gasteiger partial charge in [-0.15, -0.1) is 0 Å². The van der Waals surface area contributed by atoms with Crippen molar-refractivity contribution in [2.45, 2.75) is 52.0 Å². The van der Waals surface area contributed by atoms with Crippen LogP contribution >= 0.6 is 0 Å². The molecule has 1 aliphatic heterocycles. The molecule has 1 heteroatoms. The lowest BCUT2D eigenvalue weighted by atomic mass is 9.82. The van der Waals surface area contributed by atoms with Crippen molar-refractivity contribution in [2.75, 3.05) is 6.54 Å². The number of piperidine rings is 1. The second kappa shape index (κ2) is 3.57. The van der Waals surface area contributed by atoms with E-state index >= 15 is 0 Å². The van der Waals surface area contributed by atoms with E-state index in [1.807, 2.05) is 0 Å². The molecule has 0 aromatic carbocycles. The SMILES string of the molecule is CCCC1CCNC(C)(C)C1. The fraction of sp³-hybridized carbons (Fsp3) is 1.00. The van der Waals surface area contributed by atoms with Crippen LogP contribution in [0.5, 0.6) is 0 Å². The molecule has 1 unspecified atom stereocenters. The summed E-state index contributed by atoms with van der Waals surface area (Å²) in [4.78, 5) is 0. The predicted octanol–water partition coefficient (Wildman–Crippen LogP) is 2.56. The van der Waals surface area contributed by atoms with E-state index in [0.717, 1.165) is 5.92 Å². The van der Waals surface area contributed by atoms with E-state index in [9.17, 15) is 0 Å². The van der Waals surface area contributed by atoms with E-state index in [0.29, 0.717) is 5.54 Å². The monoisotopic (exact) mass is 155 g/mol. The Bertz CT molecular complexity index is 116. The number of rotatable bonds is 2. The molecule has 1 saturated heterocycles. The maximum Gasteiger partial charge on any atom is 0.0127 e. The van der Waals surface area contributed by atoms with Crippen LogP contribution in [0.3, 0.4) is 0 Å². The summed E-state index contributed by atoms with van der Waals surface area (Å²) in [5.41, 5.74) is 0.401. The van der Waals surface area contributed by atoms with Crippen molar-refractivity contribution < 1.29 is 0 Å². The first-order chi connectivity index (χ1) is 5.14. The summed E-state index contributed by atoms with van der Waals surface area (Å²) in [5.74, 6) is 0.983. The molecule has 1 fully saturated rings. The fourth-order valence-corrected chi connectivity index (χ4v) is 2.17. The van der Waals surface area contributed by atoms with E-state index in [1.165, 1.54) is 32.2 Å². The largest absolute Gasteiger partial charge is 0.312 e. The summed E-state index contributed by atoms with van der Waals surface area (Å²) >= 11 is 0. The lowest BCUT2D eigenvalue weighted by Gasteiger charge is -2.36. The van der Waals surface area contributed by atoms with Gasteiger partial charge in [0.05, 0.1) is 0 Å². The minimum Gasteiger partial charge on any atom is -0.312 e. The minimum absolute atomic E-state index is 0.401. The Morgan fingerprint density at radius 3 is 2.73 bits per heavy atom. The van der Waals surface area contributed by atoms with Gasteiger partial charge in [-0.3, -0.25) is 0 Å². The zero-order chi connectivity index (χ0) is 8.32. The lowest BCUT2D eigenvalue weighted by molar-refractivity contribution is 0.221. The zero-order valence-electron chi connectivity index (χ0n) is 8.11. The Morgan fingerprint density at radius 2 is 2.18 bits per heavy atom. The Labute approximate surface area is 70.6 Å². The van der Waals surface area contributed by atoms with Crippen LogP contribution in [-0.2, 0) is 0 Å². The summed E-state index contributed by atoms with van der Waals surface area (Å²) in [5, 5.41) is 3.55. The summed E-state index contributed by atoms with van der Waals surface area (Å²) in [6.07, 6.45) is 5.52. The molecule has 0 radical (unpaired) electrons. The molecule has 0 amide bonds. The van der Waals surface area contributed by atoms with Gasteiger partial charge in [0.25, 0.3) is 0 Å². The van der Waals surface area contributed by atoms with Crippen molar-refractivity contribution in [2.24, 2.45) is 5.92 Å². The lowest BCUT2D eigenvalue weighted by Crippen LogP contribution is -2.46. The molecule has 0 aromatic heterocycles. The van der Waals surface area contributed by atoms with Crippen LogP contribution in [0.2, 0.25) is 0 Å². The van der Waals surface area contributed by atoms with E-state index in [1.54, 1.807) is 0 Å². The zero-order valence-corrected chi connectivity index (χ0v) is 8.11. The average molecular weight is 155 g/mol. The summed E-state index contributed by atoms with van der Waals surface area (Å²) < 4.78 is 0. The summed E-state index contributed by atoms with van der Waals surface area (Å²) in [6.45, 7) is 8.14. The van der Waals surface area contributed by atoms with Crippen molar-refractivity contribution in [1.82, 2.24) is 5.32 Å². The van der Waals surface area contributed by atoms with E-state index in [4.69, 9.17) is 0 Å². The third kappa shape index (κ3) is 2.82. The number of hydrogen-bond donors (Lipinski definition) is 1. The van der Waals surface area contributed by atoms with Gasteiger partial charge in [0.1, 0.15) is 0 Å². The van der Waals surface area contributed by atoms with E-state index in [2.05, 4.69) is 26.1 Å². The molecular weight excluding hydrogens is 134 g/mol. The quantitative estimate of drug-likeness (QED) is 0.646. The standard InChI is InChI=1S/C10H21N/c1-4-5-9-6-7-11-10(2,3)8-9/h9,11H,4-8H2,1-3H3. The maximum atomic E-state index is 3.55. The van der Waals surface area contributed by atoms with Gasteiger partial charge in [-0.2, -0.15) is 0 Å². The van der Waals surface area contributed by atoms with Crippen LogP contribution < -0.4 is 5.32 Å². The van der Waals surface area contributed by atoms with Crippen molar-refractivity contribution in [3.05, 3.63) is 0 Å². The Hall–Kier alpha value is -0.0400. The smallest absolute Gasteiger partial charge is 0.0127 e. The van der Waals surface area contributed by atoms with Crippen LogP contribution in [0, 0.1) is 5.92 Å². The van der Waals surface area contributed by atoms with Gasteiger partial charge >= 0.3 is 0 Å². The van der Waals surface area contributed by atoms with Crippen molar-refractivity contribution in [3.63, 3.8) is 0 Å². The maximum absolute atomic E-state index is 3.55. The fourth-order valence-electron chi connectivity index (χ4n) is 2.17. The summed E-state index contributed by atoms with van der Waals surface area (Å²) in [7, 11) is 0. The topological polar surface area (TPSA) is 12.0 Å². The molecule has 0 bridgehead atoms. The molecule has 1 N–H and O–H groups in total. The molecule has 1 rings (SSSR count). The number of hydrogen-bond acceptors (Lipinski definition) is 1. The van der Waals surface area contributed by atoms with E-state index < -0.39 is 0 Å². The van der Waals surface area contributed by atoms with Gasteiger partial charge in [0.15, 0.2) is 0 Å². The van der Waals surface area contributed by atoms with Crippen LogP contribution in [0.4, 0.5) is 0 Å². The molecule has 0 aromatic rings. The minimum atomic E-state index is 0.401. The third-order valence-electron chi connectivity index (χ3n) is 2.65. The average Bonchev–Trinajstić information content (AvgIpc) is 1.85. The first kappa shape index (κ1) is 9.05. The third-order valence-corrected chi connectivity index (χ3v) is 2.65. The van der Waals surface area contributed by atoms with Crippen LogP contribution in [0.1, 0.15) is 46.5 Å². The molecule has 11 heavy (non-hydrogen) atoms. The molecule has 1 aliphatic rings. The molecule has 1 nitrogen and oxygen atoms in total. The molecular formula is C10H21N.